The molecular formula is C14H18ClNO2. The molecule has 1 fully saturated rings. The number of piperidine rings is 1. The van der Waals surface area contributed by atoms with Crippen molar-refractivity contribution in [1.82, 2.24) is 5.32 Å². The molecular weight excluding hydrogens is 250 g/mol. The van der Waals surface area contributed by atoms with Gasteiger partial charge in [-0.1, -0.05) is 11.6 Å². The Balaban J connectivity index is 2.07. The van der Waals surface area contributed by atoms with Gasteiger partial charge in [0.2, 0.25) is 0 Å². The Morgan fingerprint density at radius 3 is 3.06 bits per heavy atom. The van der Waals surface area contributed by atoms with Crippen molar-refractivity contribution in [1.29, 1.82) is 0 Å². The van der Waals surface area contributed by atoms with Crippen molar-refractivity contribution in [2.45, 2.75) is 19.3 Å². The van der Waals surface area contributed by atoms with Crippen LogP contribution in [0.15, 0.2) is 18.2 Å². The molecule has 1 aliphatic heterocycles. The van der Waals surface area contributed by atoms with Gasteiger partial charge in [0.15, 0.2) is 0 Å². The van der Waals surface area contributed by atoms with Crippen LogP contribution in [0.3, 0.4) is 0 Å². The molecule has 0 radical (unpaired) electrons. The van der Waals surface area contributed by atoms with E-state index in [1.165, 1.54) is 0 Å². The lowest BCUT2D eigenvalue weighted by Gasteiger charge is -2.21. The molecule has 1 aromatic rings. The number of hydrogen-bond donors (Lipinski definition) is 1. The highest BCUT2D eigenvalue weighted by molar-refractivity contribution is 6.30. The van der Waals surface area contributed by atoms with Gasteiger partial charge in [0, 0.05) is 29.5 Å². The molecule has 4 heteroatoms. The molecule has 1 atom stereocenters. The van der Waals surface area contributed by atoms with Gasteiger partial charge in [-0.15, -0.1) is 0 Å². The summed E-state index contributed by atoms with van der Waals surface area (Å²) in [7, 11) is 1.61. The van der Waals surface area contributed by atoms with Crippen molar-refractivity contribution >= 4 is 17.4 Å². The lowest BCUT2D eigenvalue weighted by molar-refractivity contribution is -0.122. The third-order valence-electron chi connectivity index (χ3n) is 3.36. The second-order valence-electron chi connectivity index (χ2n) is 4.64. The highest BCUT2D eigenvalue weighted by Gasteiger charge is 2.21. The molecule has 1 aliphatic rings. The number of ketones is 1. The summed E-state index contributed by atoms with van der Waals surface area (Å²) in [5.41, 5.74) is 0.876. The molecule has 0 amide bonds. The molecule has 0 spiro atoms. The number of Topliss-reactive ketones (excluding diaryl/α,β-unsaturated/α-hetero) is 1. The highest BCUT2D eigenvalue weighted by Crippen LogP contribution is 2.25. The number of methoxy groups -OCH3 is 1. The van der Waals surface area contributed by atoms with Crippen LogP contribution in [0.1, 0.15) is 18.4 Å². The van der Waals surface area contributed by atoms with E-state index in [1.54, 1.807) is 13.2 Å². The minimum atomic E-state index is 0.127. The van der Waals surface area contributed by atoms with Crippen LogP contribution >= 0.6 is 11.6 Å². The van der Waals surface area contributed by atoms with Gasteiger partial charge in [-0.3, -0.25) is 4.79 Å². The Labute approximate surface area is 112 Å². The minimum absolute atomic E-state index is 0.127. The minimum Gasteiger partial charge on any atom is -0.496 e. The Kier molecular flexibility index (Phi) is 4.61. The average molecular weight is 268 g/mol. The van der Waals surface area contributed by atoms with E-state index >= 15 is 0 Å². The van der Waals surface area contributed by atoms with Gasteiger partial charge in [0.05, 0.1) is 7.11 Å². The molecule has 0 saturated carbocycles. The first-order valence-electron chi connectivity index (χ1n) is 6.26. The summed E-state index contributed by atoms with van der Waals surface area (Å²) in [4.78, 5) is 12.2. The highest BCUT2D eigenvalue weighted by atomic mass is 35.5. The van der Waals surface area contributed by atoms with E-state index in [1.807, 2.05) is 12.1 Å². The van der Waals surface area contributed by atoms with Crippen LogP contribution in [0.5, 0.6) is 5.75 Å². The lowest BCUT2D eigenvalue weighted by Crippen LogP contribution is -2.35. The zero-order valence-electron chi connectivity index (χ0n) is 10.5. The molecule has 1 heterocycles. The summed E-state index contributed by atoms with van der Waals surface area (Å²) in [6.07, 6.45) is 2.45. The summed E-state index contributed by atoms with van der Waals surface area (Å²) >= 11 is 5.96. The summed E-state index contributed by atoms with van der Waals surface area (Å²) in [5.74, 6) is 1.13. The van der Waals surface area contributed by atoms with E-state index in [4.69, 9.17) is 16.3 Å². The first kappa shape index (κ1) is 13.4. The second kappa shape index (κ2) is 6.21. The van der Waals surface area contributed by atoms with E-state index in [9.17, 15) is 4.79 Å². The summed E-state index contributed by atoms with van der Waals surface area (Å²) in [6, 6.07) is 5.40. The summed E-state index contributed by atoms with van der Waals surface area (Å²) in [5, 5.41) is 3.90. The van der Waals surface area contributed by atoms with Crippen LogP contribution in [0.25, 0.3) is 0 Å². The van der Waals surface area contributed by atoms with Crippen LogP contribution < -0.4 is 10.1 Å². The van der Waals surface area contributed by atoms with E-state index < -0.39 is 0 Å². The quantitative estimate of drug-likeness (QED) is 0.911. The predicted molar refractivity (Wildman–Crippen MR) is 72.3 cm³/mol. The number of halogens is 1. The average Bonchev–Trinajstić information content (AvgIpc) is 2.40. The van der Waals surface area contributed by atoms with Gasteiger partial charge < -0.3 is 10.1 Å². The zero-order chi connectivity index (χ0) is 13.0. The number of rotatable bonds is 4. The third-order valence-corrected chi connectivity index (χ3v) is 3.59. The normalized spacial score (nSPS) is 19.6. The molecule has 0 aliphatic carbocycles. The third kappa shape index (κ3) is 3.24. The number of hydrogen-bond acceptors (Lipinski definition) is 3. The van der Waals surface area contributed by atoms with Crippen molar-refractivity contribution in [3.8, 4) is 5.75 Å². The van der Waals surface area contributed by atoms with Crippen molar-refractivity contribution in [2.24, 2.45) is 5.92 Å². The lowest BCUT2D eigenvalue weighted by atomic mass is 9.91. The van der Waals surface area contributed by atoms with Gasteiger partial charge in [-0.25, -0.2) is 0 Å². The van der Waals surface area contributed by atoms with Gasteiger partial charge in [0.25, 0.3) is 0 Å². The maximum absolute atomic E-state index is 12.2. The summed E-state index contributed by atoms with van der Waals surface area (Å²) < 4.78 is 5.26. The van der Waals surface area contributed by atoms with E-state index in [2.05, 4.69) is 5.32 Å². The topological polar surface area (TPSA) is 38.3 Å². The SMILES string of the molecule is COc1ccc(Cl)cc1CC(=O)C1CCCNC1. The molecule has 1 aromatic carbocycles. The Morgan fingerprint density at radius 1 is 1.56 bits per heavy atom. The maximum Gasteiger partial charge on any atom is 0.141 e. The molecule has 2 rings (SSSR count). The molecule has 0 aromatic heterocycles. The van der Waals surface area contributed by atoms with E-state index in [-0.39, 0.29) is 11.7 Å². The van der Waals surface area contributed by atoms with Crippen molar-refractivity contribution in [3.63, 3.8) is 0 Å². The van der Waals surface area contributed by atoms with Gasteiger partial charge in [0.1, 0.15) is 11.5 Å². The zero-order valence-corrected chi connectivity index (χ0v) is 11.3. The molecule has 1 saturated heterocycles. The van der Waals surface area contributed by atoms with Crippen LogP contribution in [-0.2, 0) is 11.2 Å². The standard InChI is InChI=1S/C14H18ClNO2/c1-18-14-5-4-12(15)7-11(14)8-13(17)10-3-2-6-16-9-10/h4-5,7,10,16H,2-3,6,8-9H2,1H3. The fraction of sp³-hybridized carbons (Fsp3) is 0.500. The van der Waals surface area contributed by atoms with Crippen LogP contribution in [0, 0.1) is 5.92 Å². The number of carbonyl (C=O) groups is 1. The second-order valence-corrected chi connectivity index (χ2v) is 5.08. The van der Waals surface area contributed by atoms with Crippen LogP contribution in [0.2, 0.25) is 5.02 Å². The van der Waals surface area contributed by atoms with Gasteiger partial charge in [-0.05, 0) is 37.6 Å². The first-order chi connectivity index (χ1) is 8.70. The molecule has 98 valence electrons. The van der Waals surface area contributed by atoms with E-state index in [0.29, 0.717) is 11.4 Å². The number of carbonyl (C=O) groups excluding carboxylic acids is 1. The Hall–Kier alpha value is -1.06. The molecule has 18 heavy (non-hydrogen) atoms. The van der Waals surface area contributed by atoms with E-state index in [0.717, 1.165) is 37.2 Å². The predicted octanol–water partition coefficient (Wildman–Crippen LogP) is 2.46. The summed E-state index contributed by atoms with van der Waals surface area (Å²) in [6.45, 7) is 1.81. The van der Waals surface area contributed by atoms with Crippen molar-refractivity contribution in [3.05, 3.63) is 28.8 Å². The smallest absolute Gasteiger partial charge is 0.141 e. The van der Waals surface area contributed by atoms with Crippen molar-refractivity contribution in [2.75, 3.05) is 20.2 Å². The molecule has 0 bridgehead atoms. The number of ether oxygens (including phenoxy) is 1. The number of nitrogens with one attached hydrogen (secondary N) is 1. The maximum atomic E-state index is 12.2. The van der Waals surface area contributed by atoms with Crippen LogP contribution in [0.4, 0.5) is 0 Å². The fourth-order valence-electron chi connectivity index (χ4n) is 2.34. The van der Waals surface area contributed by atoms with Crippen LogP contribution in [-0.4, -0.2) is 26.0 Å². The Morgan fingerprint density at radius 2 is 2.39 bits per heavy atom. The largest absolute Gasteiger partial charge is 0.496 e. The molecule has 1 unspecified atom stereocenters. The van der Waals surface area contributed by atoms with Gasteiger partial charge in [-0.2, -0.15) is 0 Å². The molecule has 1 N–H and O–H groups in total. The Bertz CT molecular complexity index is 428. The van der Waals surface area contributed by atoms with Gasteiger partial charge >= 0.3 is 0 Å². The molecule has 3 nitrogen and oxygen atoms in total. The number of benzene rings is 1. The monoisotopic (exact) mass is 267 g/mol. The van der Waals surface area contributed by atoms with Crippen molar-refractivity contribution < 1.29 is 9.53 Å². The first-order valence-corrected chi connectivity index (χ1v) is 6.64. The fourth-order valence-corrected chi connectivity index (χ4v) is 2.54.